The van der Waals surface area contributed by atoms with Crippen LogP contribution in [-0.4, -0.2) is 23.3 Å². The van der Waals surface area contributed by atoms with Gasteiger partial charge in [0.15, 0.2) is 0 Å². The third kappa shape index (κ3) is 3.68. The van der Waals surface area contributed by atoms with E-state index in [9.17, 15) is 9.90 Å². The molecule has 0 heterocycles. The van der Waals surface area contributed by atoms with Crippen LogP contribution in [0.1, 0.15) is 37.8 Å². The van der Waals surface area contributed by atoms with Gasteiger partial charge in [-0.05, 0) is 43.9 Å². The van der Waals surface area contributed by atoms with Gasteiger partial charge < -0.3 is 21.5 Å². The smallest absolute Gasteiger partial charge is 0.316 e. The first-order chi connectivity index (χ1) is 8.98. The van der Waals surface area contributed by atoms with Gasteiger partial charge in [0, 0.05) is 18.3 Å². The van der Waals surface area contributed by atoms with Crippen LogP contribution >= 0.6 is 0 Å². The Morgan fingerprint density at radius 2 is 2.05 bits per heavy atom. The van der Waals surface area contributed by atoms with Crippen molar-refractivity contribution in [1.29, 1.82) is 0 Å². The van der Waals surface area contributed by atoms with Crippen molar-refractivity contribution >= 4 is 11.7 Å². The number of aliphatic hydroxyl groups is 1. The summed E-state index contributed by atoms with van der Waals surface area (Å²) >= 11 is 0. The fourth-order valence-corrected chi connectivity index (χ4v) is 2.22. The lowest BCUT2D eigenvalue weighted by Crippen LogP contribution is -2.46. The number of rotatable bonds is 5. The van der Waals surface area contributed by atoms with Crippen LogP contribution in [0.4, 0.5) is 10.5 Å². The molecule has 1 unspecified atom stereocenters. The average Bonchev–Trinajstić information content (AvgIpc) is 2.34. The van der Waals surface area contributed by atoms with Crippen molar-refractivity contribution in [2.45, 2.75) is 37.8 Å². The Hall–Kier alpha value is -1.59. The van der Waals surface area contributed by atoms with E-state index in [1.807, 2.05) is 24.3 Å². The standard InChI is InChI=1S/C14H21N3O2/c1-10(16-9-14(19)7-2-8-14)11-3-5-12(6-4-11)17-13(15)18/h3-6,10,16,19H,2,7-9H2,1H3,(H3,15,17,18). The zero-order chi connectivity index (χ0) is 13.9. The van der Waals surface area contributed by atoms with Crippen molar-refractivity contribution in [3.63, 3.8) is 0 Å². The molecule has 1 fully saturated rings. The van der Waals surface area contributed by atoms with E-state index >= 15 is 0 Å². The highest BCUT2D eigenvalue weighted by molar-refractivity contribution is 5.87. The highest BCUT2D eigenvalue weighted by atomic mass is 16.3. The number of hydrogen-bond acceptors (Lipinski definition) is 3. The van der Waals surface area contributed by atoms with Gasteiger partial charge in [-0.15, -0.1) is 0 Å². The minimum atomic E-state index is -0.564. The molecule has 2 rings (SSSR count). The first kappa shape index (κ1) is 13.8. The summed E-state index contributed by atoms with van der Waals surface area (Å²) in [7, 11) is 0. The molecule has 0 saturated heterocycles. The molecule has 0 radical (unpaired) electrons. The van der Waals surface area contributed by atoms with Gasteiger partial charge in [-0.2, -0.15) is 0 Å². The Labute approximate surface area is 113 Å². The minimum Gasteiger partial charge on any atom is -0.389 e. The monoisotopic (exact) mass is 263 g/mol. The van der Waals surface area contributed by atoms with Crippen LogP contribution in [0.15, 0.2) is 24.3 Å². The molecule has 0 aliphatic heterocycles. The van der Waals surface area contributed by atoms with Gasteiger partial charge in [-0.1, -0.05) is 12.1 Å². The summed E-state index contributed by atoms with van der Waals surface area (Å²) < 4.78 is 0. The van der Waals surface area contributed by atoms with E-state index in [1.165, 1.54) is 0 Å². The van der Waals surface area contributed by atoms with E-state index in [0.29, 0.717) is 12.2 Å². The molecular weight excluding hydrogens is 242 g/mol. The van der Waals surface area contributed by atoms with Crippen molar-refractivity contribution in [3.8, 4) is 0 Å². The van der Waals surface area contributed by atoms with Crippen LogP contribution in [0, 0.1) is 0 Å². The molecule has 0 spiro atoms. The topological polar surface area (TPSA) is 87.4 Å². The number of carbonyl (C=O) groups is 1. The fourth-order valence-electron chi connectivity index (χ4n) is 2.22. The second kappa shape index (κ2) is 5.59. The number of amides is 2. The number of hydrogen-bond donors (Lipinski definition) is 4. The summed E-state index contributed by atoms with van der Waals surface area (Å²) in [5.74, 6) is 0. The second-order valence-corrected chi connectivity index (χ2v) is 5.29. The van der Waals surface area contributed by atoms with Crippen molar-refractivity contribution in [2.75, 3.05) is 11.9 Å². The van der Waals surface area contributed by atoms with Crippen LogP contribution in [0.25, 0.3) is 0 Å². The number of primary amides is 1. The van der Waals surface area contributed by atoms with Crippen molar-refractivity contribution in [3.05, 3.63) is 29.8 Å². The highest BCUT2D eigenvalue weighted by Crippen LogP contribution is 2.31. The van der Waals surface area contributed by atoms with Gasteiger partial charge in [0.1, 0.15) is 0 Å². The van der Waals surface area contributed by atoms with Crippen LogP contribution in [0.2, 0.25) is 0 Å². The third-order valence-electron chi connectivity index (χ3n) is 3.70. The summed E-state index contributed by atoms with van der Waals surface area (Å²) in [6.07, 6.45) is 2.88. The van der Waals surface area contributed by atoms with Crippen LogP contribution in [0.5, 0.6) is 0 Å². The molecule has 19 heavy (non-hydrogen) atoms. The summed E-state index contributed by atoms with van der Waals surface area (Å²) in [5.41, 5.74) is 6.33. The van der Waals surface area contributed by atoms with E-state index in [-0.39, 0.29) is 6.04 Å². The fraction of sp³-hybridized carbons (Fsp3) is 0.500. The van der Waals surface area contributed by atoms with E-state index in [1.54, 1.807) is 0 Å². The Balaban J connectivity index is 1.88. The molecule has 5 N–H and O–H groups in total. The molecule has 1 atom stereocenters. The average molecular weight is 263 g/mol. The molecule has 5 nitrogen and oxygen atoms in total. The second-order valence-electron chi connectivity index (χ2n) is 5.29. The van der Waals surface area contributed by atoms with Crippen molar-refractivity contribution < 1.29 is 9.90 Å². The summed E-state index contributed by atoms with van der Waals surface area (Å²) in [4.78, 5) is 10.7. The van der Waals surface area contributed by atoms with Crippen LogP contribution < -0.4 is 16.4 Å². The van der Waals surface area contributed by atoms with Crippen LogP contribution in [0.3, 0.4) is 0 Å². The number of urea groups is 1. The summed E-state index contributed by atoms with van der Waals surface area (Å²) in [6, 6.07) is 7.10. The maximum absolute atomic E-state index is 10.7. The molecule has 2 amide bonds. The SMILES string of the molecule is CC(NCC1(O)CCC1)c1ccc(NC(N)=O)cc1. The normalized spacial score (nSPS) is 18.4. The van der Waals surface area contributed by atoms with Crippen molar-refractivity contribution in [1.82, 2.24) is 5.32 Å². The minimum absolute atomic E-state index is 0.159. The zero-order valence-corrected chi connectivity index (χ0v) is 11.1. The van der Waals surface area contributed by atoms with Crippen molar-refractivity contribution in [2.24, 2.45) is 5.73 Å². The molecule has 1 saturated carbocycles. The Bertz CT molecular complexity index is 441. The quantitative estimate of drug-likeness (QED) is 0.652. The predicted octanol–water partition coefficient (Wildman–Crippen LogP) is 1.74. The van der Waals surface area contributed by atoms with E-state index in [4.69, 9.17) is 5.73 Å². The number of nitrogens with one attached hydrogen (secondary N) is 2. The van der Waals surface area contributed by atoms with E-state index in [2.05, 4.69) is 17.6 Å². The molecule has 1 aromatic rings. The van der Waals surface area contributed by atoms with Gasteiger partial charge in [0.2, 0.25) is 0 Å². The number of anilines is 1. The molecule has 1 aliphatic carbocycles. The first-order valence-corrected chi connectivity index (χ1v) is 6.61. The maximum Gasteiger partial charge on any atom is 0.316 e. The molecular formula is C14H21N3O2. The molecule has 1 aliphatic rings. The molecule has 0 bridgehead atoms. The molecule has 104 valence electrons. The van der Waals surface area contributed by atoms with Gasteiger partial charge in [-0.25, -0.2) is 4.79 Å². The molecule has 0 aromatic heterocycles. The number of carbonyl (C=O) groups excluding carboxylic acids is 1. The Kier molecular flexibility index (Phi) is 4.07. The van der Waals surface area contributed by atoms with E-state index in [0.717, 1.165) is 24.8 Å². The van der Waals surface area contributed by atoms with Gasteiger partial charge >= 0.3 is 6.03 Å². The Morgan fingerprint density at radius 1 is 1.42 bits per heavy atom. The maximum atomic E-state index is 10.7. The molecule has 5 heteroatoms. The number of nitrogens with two attached hydrogens (primary N) is 1. The van der Waals surface area contributed by atoms with Gasteiger partial charge in [-0.3, -0.25) is 0 Å². The lowest BCUT2D eigenvalue weighted by molar-refractivity contribution is -0.0329. The predicted molar refractivity (Wildman–Crippen MR) is 74.9 cm³/mol. The zero-order valence-electron chi connectivity index (χ0n) is 11.1. The largest absolute Gasteiger partial charge is 0.389 e. The van der Waals surface area contributed by atoms with Gasteiger partial charge in [0.05, 0.1) is 5.60 Å². The van der Waals surface area contributed by atoms with Crippen LogP contribution in [-0.2, 0) is 0 Å². The lowest BCUT2D eigenvalue weighted by atomic mass is 9.80. The first-order valence-electron chi connectivity index (χ1n) is 6.61. The summed E-state index contributed by atoms with van der Waals surface area (Å²) in [5, 5.41) is 15.9. The number of benzene rings is 1. The third-order valence-corrected chi connectivity index (χ3v) is 3.70. The van der Waals surface area contributed by atoms with E-state index < -0.39 is 11.6 Å². The van der Waals surface area contributed by atoms with Gasteiger partial charge in [0.25, 0.3) is 0 Å². The lowest BCUT2D eigenvalue weighted by Gasteiger charge is -2.37. The molecule has 1 aromatic carbocycles. The highest BCUT2D eigenvalue weighted by Gasteiger charge is 2.34. The Morgan fingerprint density at radius 3 is 2.53 bits per heavy atom. The summed E-state index contributed by atoms with van der Waals surface area (Å²) in [6.45, 7) is 2.67.